The monoisotopic (exact) mass is 508 g/mol. The van der Waals surface area contributed by atoms with E-state index in [0.717, 1.165) is 27.7 Å². The van der Waals surface area contributed by atoms with Crippen molar-refractivity contribution < 1.29 is 19.1 Å². The molecule has 0 aliphatic heterocycles. The normalized spacial score (nSPS) is 12.9. The second kappa shape index (κ2) is 10.1. The zero-order valence-electron chi connectivity index (χ0n) is 21.2. The van der Waals surface area contributed by atoms with Crippen LogP contribution in [0.3, 0.4) is 0 Å². The highest BCUT2D eigenvalue weighted by Gasteiger charge is 2.35. The maximum absolute atomic E-state index is 12.6. The largest absolute Gasteiger partial charge is 0.489 e. The summed E-state index contributed by atoms with van der Waals surface area (Å²) in [6.45, 7) is 4.20. The van der Waals surface area contributed by atoms with Gasteiger partial charge in [0.2, 0.25) is 5.91 Å². The van der Waals surface area contributed by atoms with Crippen LogP contribution in [0.25, 0.3) is 21.9 Å². The van der Waals surface area contributed by atoms with Crippen molar-refractivity contribution in [3.8, 4) is 5.75 Å². The van der Waals surface area contributed by atoms with Gasteiger partial charge in [-0.3, -0.25) is 9.78 Å². The topological polar surface area (TPSA) is 116 Å². The van der Waals surface area contributed by atoms with E-state index in [1.54, 1.807) is 30.3 Å². The van der Waals surface area contributed by atoms with Gasteiger partial charge in [-0.1, -0.05) is 42.0 Å². The lowest BCUT2D eigenvalue weighted by atomic mass is 9.87. The van der Waals surface area contributed by atoms with E-state index >= 15 is 0 Å². The molecule has 0 spiro atoms. The molecule has 38 heavy (non-hydrogen) atoms. The smallest absolute Gasteiger partial charge is 0.339 e. The lowest BCUT2D eigenvalue weighted by Gasteiger charge is -2.24. The number of hydrogen-bond acceptors (Lipinski definition) is 6. The fourth-order valence-electron chi connectivity index (χ4n) is 4.72. The Morgan fingerprint density at radius 2 is 1.79 bits per heavy atom. The first-order valence-corrected chi connectivity index (χ1v) is 12.3. The molecule has 2 aromatic heterocycles. The highest BCUT2D eigenvalue weighted by atomic mass is 16.5. The molecule has 0 saturated carbocycles. The predicted octanol–water partition coefficient (Wildman–Crippen LogP) is 4.54. The number of fused-ring (bicyclic) bond motifs is 2. The highest BCUT2D eigenvalue weighted by molar-refractivity contribution is 5.84. The third-order valence-electron chi connectivity index (χ3n) is 6.62. The van der Waals surface area contributed by atoms with Crippen LogP contribution in [0, 0.1) is 13.8 Å². The Morgan fingerprint density at radius 3 is 2.61 bits per heavy atom. The molecule has 3 N–H and O–H groups in total. The standard InChI is InChI=1S/C31H28N2O5/c1-19-10-11-28-22(12-19)15-23(29(34)38-28)17-31(36,30(32)35)16-21-6-5-7-25(14-21)37-18-24-13-20(2)33-27-9-4-3-8-26(24)27/h3-15,36H,16-18H2,1-2H3,(H2,32,35). The molecule has 2 heterocycles. The van der Waals surface area contributed by atoms with Gasteiger partial charge < -0.3 is 20.0 Å². The molecule has 5 aromatic rings. The number of nitrogens with two attached hydrogens (primary N) is 1. The van der Waals surface area contributed by atoms with Crippen LogP contribution in [0.15, 0.2) is 88.1 Å². The molecule has 0 fully saturated rings. The van der Waals surface area contributed by atoms with E-state index in [9.17, 15) is 14.7 Å². The minimum Gasteiger partial charge on any atom is -0.489 e. The van der Waals surface area contributed by atoms with E-state index in [2.05, 4.69) is 4.98 Å². The van der Waals surface area contributed by atoms with Gasteiger partial charge in [-0.2, -0.15) is 0 Å². The molecule has 3 aromatic carbocycles. The highest BCUT2D eigenvalue weighted by Crippen LogP contribution is 2.25. The van der Waals surface area contributed by atoms with Crippen LogP contribution >= 0.6 is 0 Å². The van der Waals surface area contributed by atoms with Crippen LogP contribution in [0.1, 0.15) is 27.9 Å². The first-order valence-electron chi connectivity index (χ1n) is 12.3. The van der Waals surface area contributed by atoms with Crippen molar-refractivity contribution in [2.24, 2.45) is 5.73 Å². The number of aryl methyl sites for hydroxylation is 2. The lowest BCUT2D eigenvalue weighted by molar-refractivity contribution is -0.136. The molecular formula is C31H28N2O5. The average molecular weight is 509 g/mol. The second-order valence-electron chi connectivity index (χ2n) is 9.73. The summed E-state index contributed by atoms with van der Waals surface area (Å²) in [4.78, 5) is 29.6. The minimum absolute atomic E-state index is 0.0951. The molecule has 0 aliphatic carbocycles. The number of rotatable bonds is 8. The van der Waals surface area contributed by atoms with Gasteiger partial charge in [-0.05, 0) is 61.9 Å². The molecule has 1 unspecified atom stereocenters. The van der Waals surface area contributed by atoms with Crippen molar-refractivity contribution in [3.63, 3.8) is 0 Å². The molecule has 0 radical (unpaired) electrons. The fourth-order valence-corrected chi connectivity index (χ4v) is 4.72. The van der Waals surface area contributed by atoms with Gasteiger partial charge >= 0.3 is 5.63 Å². The van der Waals surface area contributed by atoms with Crippen molar-refractivity contribution in [1.82, 2.24) is 4.98 Å². The van der Waals surface area contributed by atoms with Gasteiger partial charge in [0.05, 0.1) is 5.52 Å². The lowest BCUT2D eigenvalue weighted by Crippen LogP contribution is -2.48. The minimum atomic E-state index is -2.00. The van der Waals surface area contributed by atoms with Crippen molar-refractivity contribution in [2.45, 2.75) is 38.9 Å². The summed E-state index contributed by atoms with van der Waals surface area (Å²) in [7, 11) is 0. The van der Waals surface area contributed by atoms with Crippen LogP contribution < -0.4 is 16.1 Å². The number of para-hydroxylation sites is 1. The van der Waals surface area contributed by atoms with E-state index in [0.29, 0.717) is 28.9 Å². The van der Waals surface area contributed by atoms with Gasteiger partial charge in [0.25, 0.3) is 0 Å². The van der Waals surface area contributed by atoms with Crippen LogP contribution in [-0.2, 0) is 24.2 Å². The van der Waals surface area contributed by atoms with Crippen molar-refractivity contribution in [3.05, 3.63) is 117 Å². The third kappa shape index (κ3) is 5.28. The van der Waals surface area contributed by atoms with Gasteiger partial charge in [0, 0.05) is 40.4 Å². The molecule has 0 aliphatic rings. The molecule has 192 valence electrons. The van der Waals surface area contributed by atoms with Crippen LogP contribution in [0.5, 0.6) is 5.75 Å². The molecule has 1 atom stereocenters. The third-order valence-corrected chi connectivity index (χ3v) is 6.62. The maximum atomic E-state index is 12.6. The number of ether oxygens (including phenoxy) is 1. The average Bonchev–Trinajstić information content (AvgIpc) is 2.88. The quantitative estimate of drug-likeness (QED) is 0.297. The molecular weight excluding hydrogens is 480 g/mol. The van der Waals surface area contributed by atoms with Crippen LogP contribution in [-0.4, -0.2) is 21.6 Å². The van der Waals surface area contributed by atoms with E-state index in [1.165, 1.54) is 0 Å². The zero-order valence-corrected chi connectivity index (χ0v) is 21.2. The SMILES string of the molecule is Cc1ccc2oc(=O)c(CC(O)(Cc3cccc(OCc4cc(C)nc5ccccc45)c3)C(N)=O)cc2c1. The molecule has 1 amide bonds. The maximum Gasteiger partial charge on any atom is 0.339 e. The fraction of sp³-hybridized carbons (Fsp3) is 0.194. The summed E-state index contributed by atoms with van der Waals surface area (Å²) >= 11 is 0. The van der Waals surface area contributed by atoms with E-state index in [4.69, 9.17) is 14.9 Å². The van der Waals surface area contributed by atoms with Gasteiger partial charge in [-0.15, -0.1) is 0 Å². The molecule has 0 bridgehead atoms. The van der Waals surface area contributed by atoms with Gasteiger partial charge in [0.1, 0.15) is 17.9 Å². The molecule has 7 nitrogen and oxygen atoms in total. The predicted molar refractivity (Wildman–Crippen MR) is 146 cm³/mol. The Labute approximate surface area is 219 Å². The summed E-state index contributed by atoms with van der Waals surface area (Å²) in [6.07, 6.45) is -0.371. The van der Waals surface area contributed by atoms with Crippen molar-refractivity contribution >= 4 is 27.8 Å². The number of benzene rings is 3. The molecule has 0 saturated heterocycles. The first kappa shape index (κ1) is 25.2. The number of carbonyl (C=O) groups excluding carboxylic acids is 1. The van der Waals surface area contributed by atoms with Gasteiger partial charge in [-0.25, -0.2) is 4.79 Å². The van der Waals surface area contributed by atoms with Crippen molar-refractivity contribution in [1.29, 1.82) is 0 Å². The summed E-state index contributed by atoms with van der Waals surface area (Å²) in [5, 5.41) is 13.0. The molecule has 5 rings (SSSR count). The summed E-state index contributed by atoms with van der Waals surface area (Å²) in [5.74, 6) is -0.347. The number of pyridine rings is 1. The Morgan fingerprint density at radius 1 is 0.974 bits per heavy atom. The first-order chi connectivity index (χ1) is 18.2. The number of hydrogen-bond donors (Lipinski definition) is 2. The number of aliphatic hydroxyl groups is 1. The number of nitrogens with zero attached hydrogens (tertiary/aromatic N) is 1. The zero-order chi connectivity index (χ0) is 26.9. The number of amides is 1. The van der Waals surface area contributed by atoms with Crippen LogP contribution in [0.4, 0.5) is 0 Å². The Kier molecular flexibility index (Phi) is 6.70. The van der Waals surface area contributed by atoms with Crippen molar-refractivity contribution in [2.75, 3.05) is 0 Å². The van der Waals surface area contributed by atoms with E-state index in [1.807, 2.05) is 62.4 Å². The van der Waals surface area contributed by atoms with Crippen LogP contribution in [0.2, 0.25) is 0 Å². The summed E-state index contributed by atoms with van der Waals surface area (Å²) in [6, 6.07) is 24.1. The van der Waals surface area contributed by atoms with E-state index in [-0.39, 0.29) is 18.4 Å². The van der Waals surface area contributed by atoms with E-state index < -0.39 is 17.1 Å². The Bertz CT molecular complexity index is 1730. The molecule has 7 heteroatoms. The Balaban J connectivity index is 1.37. The number of primary amides is 1. The number of carbonyl (C=O) groups is 1. The Hall–Kier alpha value is -4.49. The van der Waals surface area contributed by atoms with Gasteiger partial charge in [0.15, 0.2) is 5.60 Å². The number of aromatic nitrogens is 1. The second-order valence-corrected chi connectivity index (χ2v) is 9.73. The summed E-state index contributed by atoms with van der Waals surface area (Å²) < 4.78 is 11.5. The summed E-state index contributed by atoms with van der Waals surface area (Å²) in [5.41, 5.74) is 8.08.